The number of nitrogens with zero attached hydrogens (tertiary/aromatic N) is 2. The second-order valence-electron chi connectivity index (χ2n) is 7.65. The van der Waals surface area contributed by atoms with E-state index in [-0.39, 0.29) is 4.90 Å². The minimum atomic E-state index is -3.74. The van der Waals surface area contributed by atoms with Crippen LogP contribution in [0.2, 0.25) is 0 Å². The molecule has 0 fully saturated rings. The normalized spacial score (nSPS) is 12.5. The number of nitrogens with one attached hydrogen (secondary N) is 2. The Kier molecular flexibility index (Phi) is 6.83. The van der Waals surface area contributed by atoms with E-state index in [0.717, 1.165) is 22.9 Å². The summed E-state index contributed by atoms with van der Waals surface area (Å²) < 4.78 is 28.1. The fourth-order valence-corrected chi connectivity index (χ4v) is 4.39. The summed E-state index contributed by atoms with van der Waals surface area (Å²) in [7, 11) is -3.74. The molecule has 1 unspecified atom stereocenters. The Morgan fingerprint density at radius 1 is 0.970 bits per heavy atom. The third-order valence-corrected chi connectivity index (χ3v) is 6.55. The lowest BCUT2D eigenvalue weighted by Crippen LogP contribution is -2.23. The molecular formula is C24H25N5O3S. The maximum Gasteiger partial charge on any atom is 0.263 e. The van der Waals surface area contributed by atoms with Crippen LogP contribution in [0.1, 0.15) is 17.2 Å². The number of hydrogen-bond donors (Lipinski definition) is 4. The van der Waals surface area contributed by atoms with Gasteiger partial charge in [-0.2, -0.15) is 0 Å². The molecule has 2 aromatic carbocycles. The quantitative estimate of drug-likeness (QED) is 0.281. The molecule has 33 heavy (non-hydrogen) atoms. The minimum Gasteiger partial charge on any atom is -0.387 e. The first-order valence-electron chi connectivity index (χ1n) is 10.5. The lowest BCUT2D eigenvalue weighted by molar-refractivity contribution is 0.175. The average Bonchev–Trinajstić information content (AvgIpc) is 2.82. The van der Waals surface area contributed by atoms with Crippen molar-refractivity contribution in [3.8, 4) is 0 Å². The molecule has 0 aliphatic heterocycles. The second-order valence-corrected chi connectivity index (χ2v) is 9.33. The van der Waals surface area contributed by atoms with Gasteiger partial charge in [-0.1, -0.05) is 36.4 Å². The summed E-state index contributed by atoms with van der Waals surface area (Å²) in [6, 6.07) is 19.6. The maximum atomic E-state index is 12.7. The molecule has 0 bridgehead atoms. The summed E-state index contributed by atoms with van der Waals surface area (Å²) in [5, 5.41) is 14.2. The molecule has 0 aliphatic rings. The van der Waals surface area contributed by atoms with Gasteiger partial charge in [-0.15, -0.1) is 0 Å². The smallest absolute Gasteiger partial charge is 0.263 e. The van der Waals surface area contributed by atoms with Gasteiger partial charge in [-0.05, 0) is 48.9 Å². The summed E-state index contributed by atoms with van der Waals surface area (Å²) in [4.78, 5) is 8.32. The number of pyridine rings is 2. The number of aromatic nitrogens is 2. The average molecular weight is 464 g/mol. The van der Waals surface area contributed by atoms with Crippen molar-refractivity contribution in [3.05, 3.63) is 90.3 Å². The lowest BCUT2D eigenvalue weighted by Gasteiger charge is -2.12. The molecule has 0 amide bonds. The fourth-order valence-electron chi connectivity index (χ4n) is 3.35. The number of benzene rings is 2. The molecule has 0 spiro atoms. The Hall–Kier alpha value is -3.53. The molecular weight excluding hydrogens is 438 g/mol. The molecule has 0 radical (unpaired) electrons. The van der Waals surface area contributed by atoms with Gasteiger partial charge in [0, 0.05) is 35.6 Å². The predicted molar refractivity (Wildman–Crippen MR) is 129 cm³/mol. The highest BCUT2D eigenvalue weighted by molar-refractivity contribution is 7.92. The number of para-hydroxylation sites is 1. The first-order valence-corrected chi connectivity index (χ1v) is 12.0. The highest BCUT2D eigenvalue weighted by Crippen LogP contribution is 2.20. The predicted octanol–water partition coefficient (Wildman–Crippen LogP) is 2.88. The van der Waals surface area contributed by atoms with Crippen LogP contribution >= 0.6 is 0 Å². The fraction of sp³-hybridized carbons (Fsp3) is 0.167. The number of fused-ring (bicyclic) bond motifs is 1. The van der Waals surface area contributed by atoms with Gasteiger partial charge in [0.25, 0.3) is 10.0 Å². The highest BCUT2D eigenvalue weighted by Gasteiger charge is 2.15. The topological polar surface area (TPSA) is 130 Å². The van der Waals surface area contributed by atoms with Crippen LogP contribution in [0.15, 0.2) is 84.0 Å². The number of aliphatic hydroxyl groups excluding tert-OH is 1. The number of sulfonamides is 1. The van der Waals surface area contributed by atoms with Gasteiger partial charge in [0.1, 0.15) is 10.7 Å². The number of aliphatic hydroxyl groups is 1. The van der Waals surface area contributed by atoms with Gasteiger partial charge in [0.15, 0.2) is 0 Å². The van der Waals surface area contributed by atoms with Crippen LogP contribution < -0.4 is 15.8 Å². The van der Waals surface area contributed by atoms with Crippen molar-refractivity contribution in [1.29, 1.82) is 0 Å². The van der Waals surface area contributed by atoms with Crippen molar-refractivity contribution in [3.63, 3.8) is 0 Å². The van der Waals surface area contributed by atoms with Gasteiger partial charge in [-0.3, -0.25) is 9.71 Å². The number of nitrogen functional groups attached to an aromatic ring is 1. The van der Waals surface area contributed by atoms with E-state index in [1.807, 2.05) is 36.4 Å². The van der Waals surface area contributed by atoms with Crippen LogP contribution in [0.4, 0.5) is 11.5 Å². The van der Waals surface area contributed by atoms with E-state index < -0.39 is 16.1 Å². The summed E-state index contributed by atoms with van der Waals surface area (Å²) in [5.74, 6) is 0.415. The number of rotatable bonds is 9. The van der Waals surface area contributed by atoms with Crippen molar-refractivity contribution < 1.29 is 13.5 Å². The third kappa shape index (κ3) is 5.83. The molecule has 8 nitrogen and oxygen atoms in total. The van der Waals surface area contributed by atoms with Crippen molar-refractivity contribution in [2.24, 2.45) is 0 Å². The zero-order valence-corrected chi connectivity index (χ0v) is 18.7. The van der Waals surface area contributed by atoms with E-state index in [4.69, 9.17) is 5.73 Å². The van der Waals surface area contributed by atoms with Gasteiger partial charge >= 0.3 is 0 Å². The molecule has 0 aliphatic carbocycles. The van der Waals surface area contributed by atoms with Crippen LogP contribution in [0, 0.1) is 0 Å². The summed E-state index contributed by atoms with van der Waals surface area (Å²) in [6.07, 6.45) is 2.99. The van der Waals surface area contributed by atoms with E-state index in [0.29, 0.717) is 30.2 Å². The monoisotopic (exact) mass is 463 g/mol. The lowest BCUT2D eigenvalue weighted by atomic mass is 10.1. The molecule has 1 atom stereocenters. The first-order chi connectivity index (χ1) is 15.9. The molecule has 2 aromatic heterocycles. The molecule has 9 heteroatoms. The minimum absolute atomic E-state index is 0.115. The molecule has 4 rings (SSSR count). The molecule has 4 aromatic rings. The highest BCUT2D eigenvalue weighted by atomic mass is 32.2. The van der Waals surface area contributed by atoms with E-state index in [9.17, 15) is 13.5 Å². The number of anilines is 2. The summed E-state index contributed by atoms with van der Waals surface area (Å²) in [5.41, 5.74) is 8.53. The standard InChI is InChI=1S/C24H25N5O3S/c25-24-10-7-19(14-28-24)23(30)16-26-12-11-17-5-8-20(9-6-17)29-33(31,32)21-13-18-3-1-2-4-22(18)27-15-21/h1-10,13-15,23,26,29-30H,11-12,16H2,(H2,25,28). The van der Waals surface area contributed by atoms with E-state index in [1.54, 1.807) is 36.5 Å². The Morgan fingerprint density at radius 3 is 2.52 bits per heavy atom. The van der Waals surface area contributed by atoms with E-state index >= 15 is 0 Å². The van der Waals surface area contributed by atoms with Crippen LogP contribution in [-0.2, 0) is 16.4 Å². The van der Waals surface area contributed by atoms with Crippen molar-refractivity contribution >= 4 is 32.4 Å². The van der Waals surface area contributed by atoms with Crippen LogP contribution in [0.25, 0.3) is 10.9 Å². The Balaban J connectivity index is 1.30. The Bertz CT molecular complexity index is 1330. The van der Waals surface area contributed by atoms with Gasteiger partial charge in [-0.25, -0.2) is 13.4 Å². The van der Waals surface area contributed by atoms with E-state index in [1.165, 1.54) is 6.20 Å². The maximum absolute atomic E-state index is 12.7. The molecule has 0 saturated carbocycles. The van der Waals surface area contributed by atoms with Crippen LogP contribution in [-0.4, -0.2) is 36.6 Å². The zero-order chi connectivity index (χ0) is 23.3. The number of hydrogen-bond acceptors (Lipinski definition) is 7. The summed E-state index contributed by atoms with van der Waals surface area (Å²) >= 11 is 0. The van der Waals surface area contributed by atoms with Gasteiger partial charge < -0.3 is 16.2 Å². The Morgan fingerprint density at radius 2 is 1.76 bits per heavy atom. The number of nitrogens with two attached hydrogens (primary N) is 1. The Labute approximate surface area is 192 Å². The SMILES string of the molecule is Nc1ccc(C(O)CNCCc2ccc(NS(=O)(=O)c3cnc4ccccc4c3)cc2)cn1. The van der Waals surface area contributed by atoms with Gasteiger partial charge in [0.2, 0.25) is 0 Å². The molecule has 2 heterocycles. The summed E-state index contributed by atoms with van der Waals surface area (Å²) in [6.45, 7) is 1.05. The molecule has 0 saturated heterocycles. The largest absolute Gasteiger partial charge is 0.387 e. The third-order valence-electron chi connectivity index (χ3n) is 5.20. The second kappa shape index (κ2) is 9.95. The van der Waals surface area contributed by atoms with Crippen molar-refractivity contribution in [2.45, 2.75) is 17.4 Å². The van der Waals surface area contributed by atoms with Crippen LogP contribution in [0.3, 0.4) is 0 Å². The van der Waals surface area contributed by atoms with Gasteiger partial charge in [0.05, 0.1) is 11.6 Å². The first kappa shape index (κ1) is 22.7. The van der Waals surface area contributed by atoms with Crippen molar-refractivity contribution in [1.82, 2.24) is 15.3 Å². The molecule has 170 valence electrons. The van der Waals surface area contributed by atoms with E-state index in [2.05, 4.69) is 20.0 Å². The van der Waals surface area contributed by atoms with Crippen LogP contribution in [0.5, 0.6) is 0 Å². The van der Waals surface area contributed by atoms with Crippen molar-refractivity contribution in [2.75, 3.05) is 23.5 Å². The molecule has 5 N–H and O–H groups in total. The zero-order valence-electron chi connectivity index (χ0n) is 17.8.